The molecular weight excluding hydrogens is 324 g/mol. The van der Waals surface area contributed by atoms with Crippen LogP contribution in [-0.4, -0.2) is 4.57 Å². The maximum atomic E-state index is 14.3. The third-order valence-corrected chi connectivity index (χ3v) is 4.16. The Morgan fingerprint density at radius 1 is 0.640 bits per heavy atom. The van der Waals surface area contributed by atoms with E-state index < -0.39 is 28.4 Å². The minimum absolute atomic E-state index is 0.254. The topological polar surface area (TPSA) is 39.1 Å². The Labute approximate surface area is 140 Å². The molecule has 0 saturated heterocycles. The average Bonchev–Trinajstić information content (AvgIpc) is 2.72. The van der Waals surface area contributed by atoms with Gasteiger partial charge in [-0.1, -0.05) is 36.4 Å². The van der Waals surface area contributed by atoms with Gasteiger partial charge in [-0.2, -0.15) is 0 Å². The van der Waals surface area contributed by atoms with Crippen LogP contribution in [0.25, 0.3) is 27.2 Å². The molecule has 0 aliphatic heterocycles. The summed E-state index contributed by atoms with van der Waals surface area (Å²) in [6.45, 7) is 0. The molecule has 0 unspecified atom stereocenters. The second kappa shape index (κ2) is 5.63. The lowest BCUT2D eigenvalue weighted by Gasteiger charge is -2.04. The Morgan fingerprint density at radius 3 is 1.64 bits per heavy atom. The monoisotopic (exact) mass is 335 g/mol. The van der Waals surface area contributed by atoms with E-state index in [2.05, 4.69) is 0 Å². The van der Waals surface area contributed by atoms with Crippen LogP contribution in [-0.2, 0) is 0 Å². The Balaban J connectivity index is 2.36. The van der Waals surface area contributed by atoms with Gasteiger partial charge in [0.2, 0.25) is 0 Å². The van der Waals surface area contributed by atoms with Crippen molar-refractivity contribution in [2.24, 2.45) is 0 Å². The van der Waals surface area contributed by atoms with Crippen molar-refractivity contribution < 1.29 is 8.78 Å². The van der Waals surface area contributed by atoms with Crippen LogP contribution in [0.15, 0.2) is 76.3 Å². The molecule has 0 radical (unpaired) electrons. The smallest absolute Gasteiger partial charge is 0.266 e. The molecule has 1 aromatic heterocycles. The first-order valence-electron chi connectivity index (χ1n) is 7.60. The predicted octanol–water partition coefficient (Wildman–Crippen LogP) is 3.78. The molecule has 0 spiro atoms. The highest BCUT2D eigenvalue weighted by molar-refractivity contribution is 6.05. The highest BCUT2D eigenvalue weighted by Gasteiger charge is 2.15. The quantitative estimate of drug-likeness (QED) is 0.531. The van der Waals surface area contributed by atoms with Crippen molar-refractivity contribution in [3.05, 3.63) is 99.1 Å². The van der Waals surface area contributed by atoms with Crippen LogP contribution in [0.2, 0.25) is 0 Å². The summed E-state index contributed by atoms with van der Waals surface area (Å²) < 4.78 is 28.6. The van der Waals surface area contributed by atoms with E-state index >= 15 is 0 Å². The van der Waals surface area contributed by atoms with Gasteiger partial charge in [-0.25, -0.2) is 13.3 Å². The van der Waals surface area contributed by atoms with Crippen LogP contribution < -0.4 is 11.1 Å². The molecule has 0 atom stereocenters. The van der Waals surface area contributed by atoms with Gasteiger partial charge in [-0.15, -0.1) is 0 Å². The van der Waals surface area contributed by atoms with Gasteiger partial charge < -0.3 is 0 Å². The van der Waals surface area contributed by atoms with Crippen molar-refractivity contribution >= 4 is 21.5 Å². The molecule has 0 aliphatic carbocycles. The van der Waals surface area contributed by atoms with Crippen molar-refractivity contribution in [1.82, 2.24) is 4.57 Å². The van der Waals surface area contributed by atoms with Gasteiger partial charge >= 0.3 is 0 Å². The van der Waals surface area contributed by atoms with Crippen molar-refractivity contribution in [1.29, 1.82) is 0 Å². The third kappa shape index (κ3) is 2.32. The van der Waals surface area contributed by atoms with Crippen LogP contribution in [0, 0.1) is 11.6 Å². The first-order valence-corrected chi connectivity index (χ1v) is 7.60. The SMILES string of the molecule is O=c1c2ccccc2c2ccccc2c(=O)n1-c1cc(F)ccc1F. The fourth-order valence-electron chi connectivity index (χ4n) is 3.02. The summed E-state index contributed by atoms with van der Waals surface area (Å²) in [5, 5.41) is 1.67. The van der Waals surface area contributed by atoms with Gasteiger partial charge in [0.1, 0.15) is 11.6 Å². The molecule has 3 aromatic carbocycles. The minimum atomic E-state index is -0.847. The van der Waals surface area contributed by atoms with Gasteiger partial charge in [0, 0.05) is 16.8 Å². The van der Waals surface area contributed by atoms with E-state index in [1.54, 1.807) is 48.5 Å². The molecular formula is C20H11F2NO2. The van der Waals surface area contributed by atoms with Gasteiger partial charge in [0.25, 0.3) is 11.1 Å². The molecule has 25 heavy (non-hydrogen) atoms. The molecule has 0 fully saturated rings. The van der Waals surface area contributed by atoms with Crippen LogP contribution in [0.1, 0.15) is 0 Å². The summed E-state index contributed by atoms with van der Waals surface area (Å²) >= 11 is 0. The highest BCUT2D eigenvalue weighted by Crippen LogP contribution is 2.20. The van der Waals surface area contributed by atoms with E-state index in [-0.39, 0.29) is 10.8 Å². The second-order valence-corrected chi connectivity index (χ2v) is 5.63. The fraction of sp³-hybridized carbons (Fsp3) is 0. The summed E-state index contributed by atoms with van der Waals surface area (Å²) in [5.41, 5.74) is -1.79. The van der Waals surface area contributed by atoms with Crippen LogP contribution >= 0.6 is 0 Å². The standard InChI is InChI=1S/C20H11F2NO2/c21-12-9-10-17(22)18(11-12)23-19(24)15-7-3-1-5-13(15)14-6-2-4-8-16(14)20(23)25/h1-11H. The maximum Gasteiger partial charge on any atom is 0.266 e. The molecule has 122 valence electrons. The number of nitrogens with zero attached hydrogens (tertiary/aromatic N) is 1. The largest absolute Gasteiger partial charge is 0.268 e. The first-order chi connectivity index (χ1) is 12.1. The normalized spacial score (nSPS) is 11.1. The lowest BCUT2D eigenvalue weighted by molar-refractivity contribution is 0.590. The molecule has 5 heteroatoms. The van der Waals surface area contributed by atoms with Gasteiger partial charge in [-0.05, 0) is 35.0 Å². The molecule has 0 saturated carbocycles. The third-order valence-electron chi connectivity index (χ3n) is 4.16. The van der Waals surface area contributed by atoms with Crippen molar-refractivity contribution in [3.63, 3.8) is 0 Å². The lowest BCUT2D eigenvalue weighted by atomic mass is 10.1. The number of benzene rings is 3. The Morgan fingerprint density at radius 2 is 1.12 bits per heavy atom. The zero-order valence-electron chi connectivity index (χ0n) is 12.9. The molecule has 0 N–H and O–H groups in total. The number of rotatable bonds is 1. The maximum absolute atomic E-state index is 14.3. The summed E-state index contributed by atoms with van der Waals surface area (Å²) in [6.07, 6.45) is 0. The van der Waals surface area contributed by atoms with E-state index in [4.69, 9.17) is 0 Å². The van der Waals surface area contributed by atoms with E-state index in [1.165, 1.54) is 0 Å². The van der Waals surface area contributed by atoms with Crippen molar-refractivity contribution in [2.75, 3.05) is 0 Å². The first kappa shape index (κ1) is 15.2. The van der Waals surface area contributed by atoms with E-state index in [1.807, 2.05) is 0 Å². The Kier molecular flexibility index (Phi) is 3.42. The second-order valence-electron chi connectivity index (χ2n) is 5.63. The lowest BCUT2D eigenvalue weighted by Crippen LogP contribution is -2.29. The summed E-state index contributed by atoms with van der Waals surface area (Å²) in [6, 6.07) is 16.1. The number of hydrogen-bond donors (Lipinski definition) is 0. The number of fused-ring (bicyclic) bond motifs is 3. The molecule has 4 rings (SSSR count). The fourth-order valence-corrected chi connectivity index (χ4v) is 3.02. The van der Waals surface area contributed by atoms with Gasteiger partial charge in [-0.3, -0.25) is 9.59 Å². The molecule has 3 nitrogen and oxygen atoms in total. The van der Waals surface area contributed by atoms with E-state index in [9.17, 15) is 18.4 Å². The van der Waals surface area contributed by atoms with Crippen molar-refractivity contribution in [2.45, 2.75) is 0 Å². The molecule has 0 bridgehead atoms. The van der Waals surface area contributed by atoms with Crippen LogP contribution in [0.4, 0.5) is 8.78 Å². The van der Waals surface area contributed by atoms with Gasteiger partial charge in [0.15, 0.2) is 0 Å². The summed E-state index contributed by atoms with van der Waals surface area (Å²) in [4.78, 5) is 26.0. The number of halogens is 2. The highest BCUT2D eigenvalue weighted by atomic mass is 19.1. The van der Waals surface area contributed by atoms with Crippen molar-refractivity contribution in [3.8, 4) is 5.69 Å². The zero-order chi connectivity index (χ0) is 17.6. The van der Waals surface area contributed by atoms with E-state index in [0.29, 0.717) is 15.3 Å². The van der Waals surface area contributed by atoms with E-state index in [0.717, 1.165) is 18.2 Å². The zero-order valence-corrected chi connectivity index (χ0v) is 12.9. The summed E-state index contributed by atoms with van der Waals surface area (Å²) in [5.74, 6) is -1.58. The Bertz CT molecular complexity index is 1190. The summed E-state index contributed by atoms with van der Waals surface area (Å²) in [7, 11) is 0. The number of hydrogen-bond acceptors (Lipinski definition) is 2. The van der Waals surface area contributed by atoms with Crippen LogP contribution in [0.3, 0.4) is 0 Å². The minimum Gasteiger partial charge on any atom is -0.268 e. The average molecular weight is 335 g/mol. The van der Waals surface area contributed by atoms with Gasteiger partial charge in [0.05, 0.1) is 5.69 Å². The number of aromatic nitrogens is 1. The Hall–Kier alpha value is -3.34. The molecule has 4 aromatic rings. The predicted molar refractivity (Wildman–Crippen MR) is 93.2 cm³/mol. The molecule has 1 heterocycles. The van der Waals surface area contributed by atoms with Crippen LogP contribution in [0.5, 0.6) is 0 Å². The molecule has 0 amide bonds. The molecule has 0 aliphatic rings.